The summed E-state index contributed by atoms with van der Waals surface area (Å²) in [6, 6.07) is 2.65. The normalized spacial score (nSPS) is 22.2. The van der Waals surface area contributed by atoms with Crippen molar-refractivity contribution in [1.82, 2.24) is 5.32 Å². The van der Waals surface area contributed by atoms with Gasteiger partial charge in [0.2, 0.25) is 0 Å². The van der Waals surface area contributed by atoms with Crippen LogP contribution in [0.1, 0.15) is 25.5 Å². The van der Waals surface area contributed by atoms with Gasteiger partial charge in [-0.1, -0.05) is 37.0 Å². The van der Waals surface area contributed by atoms with Crippen LogP contribution in [-0.2, 0) is 4.74 Å². The lowest BCUT2D eigenvalue weighted by Gasteiger charge is -2.38. The molecule has 1 atom stereocenters. The maximum Gasteiger partial charge on any atom is 0.407 e. The zero-order valence-corrected chi connectivity index (χ0v) is 11.5. The summed E-state index contributed by atoms with van der Waals surface area (Å²) in [6.07, 6.45) is -0.519. The van der Waals surface area contributed by atoms with Crippen LogP contribution in [-0.4, -0.2) is 17.8 Å². The van der Waals surface area contributed by atoms with E-state index in [2.05, 4.69) is 5.32 Å². The van der Waals surface area contributed by atoms with Crippen LogP contribution in [0.2, 0.25) is 10.0 Å². The van der Waals surface area contributed by atoms with Crippen molar-refractivity contribution in [3.8, 4) is 5.75 Å². The summed E-state index contributed by atoms with van der Waals surface area (Å²) >= 11 is 11.8. The molecular formula is C12H13Cl2NO3. The van der Waals surface area contributed by atoms with E-state index >= 15 is 0 Å². The van der Waals surface area contributed by atoms with E-state index in [-0.39, 0.29) is 22.8 Å². The van der Waals surface area contributed by atoms with Crippen molar-refractivity contribution < 1.29 is 14.6 Å². The third kappa shape index (κ3) is 2.35. The van der Waals surface area contributed by atoms with Crippen LogP contribution in [0.4, 0.5) is 4.79 Å². The van der Waals surface area contributed by atoms with Crippen molar-refractivity contribution >= 4 is 29.3 Å². The molecule has 2 rings (SSSR count). The molecule has 1 aromatic rings. The minimum Gasteiger partial charge on any atom is -0.506 e. The zero-order valence-electron chi connectivity index (χ0n) is 9.96. The largest absolute Gasteiger partial charge is 0.506 e. The fourth-order valence-corrected chi connectivity index (χ4v) is 2.50. The number of halogens is 2. The van der Waals surface area contributed by atoms with Crippen molar-refractivity contribution in [2.24, 2.45) is 5.41 Å². The average molecular weight is 290 g/mol. The van der Waals surface area contributed by atoms with Gasteiger partial charge in [-0.05, 0) is 12.1 Å². The van der Waals surface area contributed by atoms with Gasteiger partial charge in [0.25, 0.3) is 0 Å². The lowest BCUT2D eigenvalue weighted by Crippen LogP contribution is -2.46. The van der Waals surface area contributed by atoms with E-state index in [0.717, 1.165) is 0 Å². The Morgan fingerprint density at radius 2 is 2.11 bits per heavy atom. The molecular weight excluding hydrogens is 277 g/mol. The number of aromatic hydroxyl groups is 1. The topological polar surface area (TPSA) is 58.6 Å². The van der Waals surface area contributed by atoms with Crippen LogP contribution >= 0.6 is 23.2 Å². The second-order valence-corrected chi connectivity index (χ2v) is 5.81. The number of hydrogen-bond donors (Lipinski definition) is 2. The maximum absolute atomic E-state index is 11.3. The quantitative estimate of drug-likeness (QED) is 0.832. The number of phenols is 1. The van der Waals surface area contributed by atoms with Gasteiger partial charge in [0.1, 0.15) is 12.4 Å². The molecule has 1 heterocycles. The summed E-state index contributed by atoms with van der Waals surface area (Å²) < 4.78 is 4.95. The van der Waals surface area contributed by atoms with Gasteiger partial charge >= 0.3 is 6.09 Å². The van der Waals surface area contributed by atoms with Crippen molar-refractivity contribution in [1.29, 1.82) is 0 Å². The standard InChI is InChI=1S/C12H13Cl2NO3/c1-12(2)5-18-11(17)15-10(12)7-3-6(13)4-8(14)9(7)16/h3-4,10,16H,5H2,1-2H3,(H,15,17)/t10-/m0/s1. The SMILES string of the molecule is CC1(C)COC(=O)N[C@H]1c1cc(Cl)cc(Cl)c1O. The number of amides is 1. The van der Waals surface area contributed by atoms with Gasteiger partial charge in [-0.15, -0.1) is 0 Å². The Hall–Kier alpha value is -1.13. The molecule has 0 saturated carbocycles. The van der Waals surface area contributed by atoms with Crippen LogP contribution in [0.3, 0.4) is 0 Å². The van der Waals surface area contributed by atoms with Crippen LogP contribution in [0.25, 0.3) is 0 Å². The smallest absolute Gasteiger partial charge is 0.407 e. The van der Waals surface area contributed by atoms with E-state index in [1.54, 1.807) is 6.07 Å². The number of phenolic OH excluding ortho intramolecular Hbond substituents is 1. The van der Waals surface area contributed by atoms with Crippen molar-refractivity contribution in [2.45, 2.75) is 19.9 Å². The number of carbonyl (C=O) groups excluding carboxylic acids is 1. The average Bonchev–Trinajstić information content (AvgIpc) is 2.27. The van der Waals surface area contributed by atoms with Crippen molar-refractivity contribution in [3.05, 3.63) is 27.7 Å². The molecule has 0 radical (unpaired) electrons. The first-order chi connectivity index (χ1) is 8.31. The molecule has 1 saturated heterocycles. The summed E-state index contributed by atoms with van der Waals surface area (Å²) in [6.45, 7) is 4.10. The van der Waals surface area contributed by atoms with E-state index in [1.807, 2.05) is 13.8 Å². The number of ether oxygens (including phenoxy) is 1. The fourth-order valence-electron chi connectivity index (χ4n) is 1.99. The minimum absolute atomic E-state index is 0.0682. The molecule has 0 spiro atoms. The Balaban J connectivity index is 2.49. The molecule has 0 unspecified atom stereocenters. The van der Waals surface area contributed by atoms with Crippen LogP contribution in [0.15, 0.2) is 12.1 Å². The molecule has 0 bridgehead atoms. The second-order valence-electron chi connectivity index (χ2n) is 4.97. The molecule has 2 N–H and O–H groups in total. The molecule has 1 fully saturated rings. The Labute approximate surface area is 115 Å². The molecule has 4 nitrogen and oxygen atoms in total. The first kappa shape index (κ1) is 13.3. The van der Waals surface area contributed by atoms with Gasteiger partial charge in [-0.2, -0.15) is 0 Å². The predicted octanol–water partition coefficient (Wildman–Crippen LogP) is 3.51. The van der Waals surface area contributed by atoms with E-state index in [1.165, 1.54) is 6.07 Å². The predicted molar refractivity (Wildman–Crippen MR) is 69.1 cm³/mol. The highest BCUT2D eigenvalue weighted by atomic mass is 35.5. The van der Waals surface area contributed by atoms with E-state index in [0.29, 0.717) is 10.6 Å². The van der Waals surface area contributed by atoms with Gasteiger partial charge < -0.3 is 15.2 Å². The molecule has 0 aromatic heterocycles. The highest BCUT2D eigenvalue weighted by Gasteiger charge is 2.39. The van der Waals surface area contributed by atoms with Crippen LogP contribution in [0.5, 0.6) is 5.75 Å². The molecule has 1 amide bonds. The fraction of sp³-hybridized carbons (Fsp3) is 0.417. The number of benzene rings is 1. The first-order valence-electron chi connectivity index (χ1n) is 5.42. The third-order valence-electron chi connectivity index (χ3n) is 2.99. The maximum atomic E-state index is 11.3. The van der Waals surface area contributed by atoms with Gasteiger partial charge in [-0.3, -0.25) is 0 Å². The molecule has 1 aromatic carbocycles. The Kier molecular flexibility index (Phi) is 3.34. The molecule has 1 aliphatic rings. The summed E-state index contributed by atoms with van der Waals surface area (Å²) in [5.41, 5.74) is 0.119. The Bertz CT molecular complexity index is 502. The van der Waals surface area contributed by atoms with Crippen molar-refractivity contribution in [3.63, 3.8) is 0 Å². The number of rotatable bonds is 1. The number of alkyl carbamates (subject to hydrolysis) is 1. The highest BCUT2D eigenvalue weighted by Crippen LogP contribution is 2.43. The molecule has 98 valence electrons. The van der Waals surface area contributed by atoms with Crippen LogP contribution in [0, 0.1) is 5.41 Å². The second kappa shape index (κ2) is 4.52. The minimum atomic E-state index is -0.519. The van der Waals surface area contributed by atoms with E-state index in [4.69, 9.17) is 27.9 Å². The lowest BCUT2D eigenvalue weighted by molar-refractivity contribution is 0.0381. The summed E-state index contributed by atoms with van der Waals surface area (Å²) in [5, 5.41) is 13.3. The summed E-state index contributed by atoms with van der Waals surface area (Å²) in [7, 11) is 0. The van der Waals surface area contributed by atoms with Crippen molar-refractivity contribution in [2.75, 3.05) is 6.61 Å². The van der Waals surface area contributed by atoms with E-state index < -0.39 is 12.1 Å². The third-order valence-corrected chi connectivity index (χ3v) is 3.49. The molecule has 6 heteroatoms. The molecule has 18 heavy (non-hydrogen) atoms. The number of hydrogen-bond acceptors (Lipinski definition) is 3. The Morgan fingerprint density at radius 1 is 1.44 bits per heavy atom. The van der Waals surface area contributed by atoms with Gasteiger partial charge in [0.15, 0.2) is 0 Å². The number of cyclic esters (lactones) is 1. The van der Waals surface area contributed by atoms with Gasteiger partial charge in [0, 0.05) is 16.0 Å². The number of carbonyl (C=O) groups is 1. The zero-order chi connectivity index (χ0) is 13.5. The molecule has 0 aliphatic carbocycles. The lowest BCUT2D eigenvalue weighted by atomic mass is 9.80. The monoisotopic (exact) mass is 289 g/mol. The molecule has 1 aliphatic heterocycles. The first-order valence-corrected chi connectivity index (χ1v) is 6.18. The van der Waals surface area contributed by atoms with Gasteiger partial charge in [0.05, 0.1) is 11.1 Å². The van der Waals surface area contributed by atoms with Crippen LogP contribution < -0.4 is 5.32 Å². The Morgan fingerprint density at radius 3 is 2.78 bits per heavy atom. The van der Waals surface area contributed by atoms with E-state index in [9.17, 15) is 9.90 Å². The summed E-state index contributed by atoms with van der Waals surface area (Å²) in [4.78, 5) is 11.3. The highest BCUT2D eigenvalue weighted by molar-refractivity contribution is 6.35. The number of nitrogens with one attached hydrogen (secondary N) is 1. The summed E-state index contributed by atoms with van der Waals surface area (Å²) in [5.74, 6) is -0.0682. The van der Waals surface area contributed by atoms with Gasteiger partial charge in [-0.25, -0.2) is 4.79 Å².